The lowest BCUT2D eigenvalue weighted by molar-refractivity contribution is -0.115. The van der Waals surface area contributed by atoms with Gasteiger partial charge in [0.05, 0.1) is 12.1 Å². The molecule has 2 aromatic rings. The van der Waals surface area contributed by atoms with E-state index in [1.807, 2.05) is 42.6 Å². The number of para-hydroxylation sites is 1. The first kappa shape index (κ1) is 12.6. The molecule has 1 heterocycles. The molecule has 0 atom stereocenters. The van der Waals surface area contributed by atoms with Gasteiger partial charge in [0.1, 0.15) is 0 Å². The topological polar surface area (TPSA) is 54.0 Å². The standard InChI is InChI=1S/C13H15N3OS/c1-2-14-13-16-11(9-18-13)8-12(17)15-10-6-4-3-5-7-10/h3-7,9H,2,8H2,1H3,(H,14,16)(H,15,17). The van der Waals surface area contributed by atoms with Crippen LogP contribution in [0.1, 0.15) is 12.6 Å². The second-order valence-corrected chi connectivity index (χ2v) is 4.62. The lowest BCUT2D eigenvalue weighted by Gasteiger charge is -2.03. The lowest BCUT2D eigenvalue weighted by Crippen LogP contribution is -2.14. The Morgan fingerprint density at radius 1 is 1.33 bits per heavy atom. The normalized spacial score (nSPS) is 10.1. The zero-order valence-electron chi connectivity index (χ0n) is 10.1. The fourth-order valence-electron chi connectivity index (χ4n) is 1.51. The summed E-state index contributed by atoms with van der Waals surface area (Å²) < 4.78 is 0. The quantitative estimate of drug-likeness (QED) is 0.870. The smallest absolute Gasteiger partial charge is 0.230 e. The number of nitrogens with zero attached hydrogens (tertiary/aromatic N) is 1. The molecule has 1 amide bonds. The second-order valence-electron chi connectivity index (χ2n) is 3.77. The Bertz CT molecular complexity index is 510. The Hall–Kier alpha value is -1.88. The van der Waals surface area contributed by atoms with E-state index in [0.29, 0.717) is 6.42 Å². The van der Waals surface area contributed by atoms with Gasteiger partial charge in [0.25, 0.3) is 0 Å². The molecule has 0 fully saturated rings. The van der Waals surface area contributed by atoms with E-state index >= 15 is 0 Å². The van der Waals surface area contributed by atoms with Gasteiger partial charge in [0.2, 0.25) is 5.91 Å². The van der Waals surface area contributed by atoms with E-state index in [1.165, 1.54) is 11.3 Å². The molecule has 94 valence electrons. The molecule has 2 N–H and O–H groups in total. The summed E-state index contributed by atoms with van der Waals surface area (Å²) in [6.45, 7) is 2.85. The van der Waals surface area contributed by atoms with E-state index in [0.717, 1.165) is 23.1 Å². The average molecular weight is 261 g/mol. The molecule has 18 heavy (non-hydrogen) atoms. The van der Waals surface area contributed by atoms with E-state index in [9.17, 15) is 4.79 Å². The second kappa shape index (κ2) is 6.16. The monoisotopic (exact) mass is 261 g/mol. The summed E-state index contributed by atoms with van der Waals surface area (Å²) in [5.74, 6) is -0.0467. The summed E-state index contributed by atoms with van der Waals surface area (Å²) in [5, 5.41) is 8.73. The van der Waals surface area contributed by atoms with E-state index in [4.69, 9.17) is 0 Å². The van der Waals surface area contributed by atoms with E-state index < -0.39 is 0 Å². The number of nitrogens with one attached hydrogen (secondary N) is 2. The Morgan fingerprint density at radius 2 is 2.11 bits per heavy atom. The number of anilines is 2. The zero-order valence-corrected chi connectivity index (χ0v) is 11.0. The van der Waals surface area contributed by atoms with Crippen LogP contribution in [0.2, 0.25) is 0 Å². The minimum atomic E-state index is -0.0467. The van der Waals surface area contributed by atoms with Crippen LogP contribution in [0.15, 0.2) is 35.7 Å². The number of hydrogen-bond donors (Lipinski definition) is 2. The number of carbonyl (C=O) groups is 1. The number of hydrogen-bond acceptors (Lipinski definition) is 4. The first-order chi connectivity index (χ1) is 8.78. The van der Waals surface area contributed by atoms with Crippen LogP contribution in [0, 0.1) is 0 Å². The number of aromatic nitrogens is 1. The summed E-state index contributed by atoms with van der Waals surface area (Å²) in [6, 6.07) is 9.42. The Balaban J connectivity index is 1.90. The fourth-order valence-corrected chi connectivity index (χ4v) is 2.29. The number of benzene rings is 1. The van der Waals surface area contributed by atoms with Crippen molar-refractivity contribution in [1.82, 2.24) is 4.98 Å². The molecule has 0 radical (unpaired) electrons. The predicted molar refractivity (Wildman–Crippen MR) is 75.1 cm³/mol. The Morgan fingerprint density at radius 3 is 2.83 bits per heavy atom. The first-order valence-electron chi connectivity index (χ1n) is 5.81. The summed E-state index contributed by atoms with van der Waals surface area (Å²) >= 11 is 1.52. The molecule has 1 aromatic carbocycles. The molecule has 0 aliphatic carbocycles. The van der Waals surface area contributed by atoms with Crippen LogP contribution in [-0.4, -0.2) is 17.4 Å². The fraction of sp³-hybridized carbons (Fsp3) is 0.231. The van der Waals surface area contributed by atoms with Gasteiger partial charge >= 0.3 is 0 Å². The average Bonchev–Trinajstić information content (AvgIpc) is 2.78. The van der Waals surface area contributed by atoms with Gasteiger partial charge in [-0.1, -0.05) is 18.2 Å². The minimum absolute atomic E-state index is 0.0467. The molecule has 2 rings (SSSR count). The van der Waals surface area contributed by atoms with E-state index in [1.54, 1.807) is 0 Å². The third-order valence-electron chi connectivity index (χ3n) is 2.28. The van der Waals surface area contributed by atoms with Crippen molar-refractivity contribution in [2.24, 2.45) is 0 Å². The molecule has 0 aliphatic heterocycles. The van der Waals surface area contributed by atoms with E-state index in [2.05, 4.69) is 15.6 Å². The van der Waals surface area contributed by atoms with E-state index in [-0.39, 0.29) is 5.91 Å². The lowest BCUT2D eigenvalue weighted by atomic mass is 10.3. The maximum Gasteiger partial charge on any atom is 0.230 e. The van der Waals surface area contributed by atoms with Gasteiger partial charge < -0.3 is 10.6 Å². The van der Waals surface area contributed by atoms with Gasteiger partial charge in [0.15, 0.2) is 5.13 Å². The summed E-state index contributed by atoms with van der Waals surface area (Å²) in [5.41, 5.74) is 1.61. The largest absolute Gasteiger partial charge is 0.362 e. The molecule has 0 bridgehead atoms. The highest BCUT2D eigenvalue weighted by molar-refractivity contribution is 7.13. The van der Waals surface area contributed by atoms with Crippen LogP contribution in [0.25, 0.3) is 0 Å². The maximum atomic E-state index is 11.8. The van der Waals surface area contributed by atoms with Crippen molar-refractivity contribution in [3.05, 3.63) is 41.4 Å². The van der Waals surface area contributed by atoms with Gasteiger partial charge in [-0.05, 0) is 19.1 Å². The molecule has 0 spiro atoms. The van der Waals surface area contributed by atoms with Crippen LogP contribution in [0.3, 0.4) is 0 Å². The molecule has 4 nitrogen and oxygen atoms in total. The van der Waals surface area contributed by atoms with Gasteiger partial charge in [-0.25, -0.2) is 4.98 Å². The first-order valence-corrected chi connectivity index (χ1v) is 6.69. The third-order valence-corrected chi connectivity index (χ3v) is 3.13. The summed E-state index contributed by atoms with van der Waals surface area (Å²) in [7, 11) is 0. The maximum absolute atomic E-state index is 11.8. The summed E-state index contributed by atoms with van der Waals surface area (Å²) in [6.07, 6.45) is 0.302. The van der Waals surface area contributed by atoms with Gasteiger partial charge in [-0.2, -0.15) is 0 Å². The number of carbonyl (C=O) groups excluding carboxylic acids is 1. The van der Waals surface area contributed by atoms with Crippen molar-refractivity contribution in [2.45, 2.75) is 13.3 Å². The third kappa shape index (κ3) is 3.56. The van der Waals surface area contributed by atoms with Crippen LogP contribution in [0.5, 0.6) is 0 Å². The van der Waals surface area contributed by atoms with Gasteiger partial charge in [-0.15, -0.1) is 11.3 Å². The molecule has 0 saturated heterocycles. The van der Waals surface area contributed by atoms with Crippen molar-refractivity contribution in [3.63, 3.8) is 0 Å². The van der Waals surface area contributed by atoms with Crippen LogP contribution >= 0.6 is 11.3 Å². The molecular weight excluding hydrogens is 246 g/mol. The molecule has 5 heteroatoms. The van der Waals surface area contributed by atoms with Crippen molar-refractivity contribution < 1.29 is 4.79 Å². The number of rotatable bonds is 5. The number of amides is 1. The molecule has 0 unspecified atom stereocenters. The van der Waals surface area contributed by atoms with Gasteiger partial charge in [0, 0.05) is 17.6 Å². The van der Waals surface area contributed by atoms with Crippen molar-refractivity contribution in [2.75, 3.05) is 17.2 Å². The van der Waals surface area contributed by atoms with Crippen molar-refractivity contribution in [1.29, 1.82) is 0 Å². The zero-order chi connectivity index (χ0) is 12.8. The molecule has 1 aromatic heterocycles. The minimum Gasteiger partial charge on any atom is -0.362 e. The Kier molecular flexibility index (Phi) is 4.30. The van der Waals surface area contributed by atoms with Crippen molar-refractivity contribution >= 4 is 28.1 Å². The van der Waals surface area contributed by atoms with Crippen LogP contribution < -0.4 is 10.6 Å². The van der Waals surface area contributed by atoms with Crippen LogP contribution in [0.4, 0.5) is 10.8 Å². The number of thiazole rings is 1. The highest BCUT2D eigenvalue weighted by atomic mass is 32.1. The highest BCUT2D eigenvalue weighted by Crippen LogP contribution is 2.15. The van der Waals surface area contributed by atoms with Crippen molar-refractivity contribution in [3.8, 4) is 0 Å². The predicted octanol–water partition coefficient (Wildman–Crippen LogP) is 2.76. The SMILES string of the molecule is CCNc1nc(CC(=O)Nc2ccccc2)cs1. The molecule has 0 aliphatic rings. The molecule has 0 saturated carbocycles. The van der Waals surface area contributed by atoms with Crippen LogP contribution in [-0.2, 0) is 11.2 Å². The Labute approximate surface area is 110 Å². The molecular formula is C13H15N3OS. The summed E-state index contributed by atoms with van der Waals surface area (Å²) in [4.78, 5) is 16.1. The van der Waals surface area contributed by atoms with Gasteiger partial charge in [-0.3, -0.25) is 4.79 Å². The highest BCUT2D eigenvalue weighted by Gasteiger charge is 2.07.